The van der Waals surface area contributed by atoms with Crippen molar-refractivity contribution in [3.8, 4) is 0 Å². The molecule has 1 saturated heterocycles. The summed E-state index contributed by atoms with van der Waals surface area (Å²) < 4.78 is 0. The van der Waals surface area contributed by atoms with E-state index in [9.17, 15) is 14.4 Å². The molecule has 4 amide bonds. The van der Waals surface area contributed by atoms with Gasteiger partial charge in [-0.1, -0.05) is 35.4 Å². The monoisotopic (exact) mass is 385 g/mol. The zero-order valence-electron chi connectivity index (χ0n) is 15.3. The minimum atomic E-state index is -0.666. The van der Waals surface area contributed by atoms with Crippen molar-refractivity contribution in [1.29, 1.82) is 0 Å². The fourth-order valence-corrected chi connectivity index (χ4v) is 3.15. The molecule has 0 aliphatic carbocycles. The van der Waals surface area contributed by atoms with Gasteiger partial charge >= 0.3 is 6.03 Å². The number of aryl methyl sites for hydroxylation is 2. The number of anilines is 2. The zero-order chi connectivity index (χ0) is 19.7. The number of hydrogen-bond acceptors (Lipinski definition) is 3. The first-order valence-electron chi connectivity index (χ1n) is 8.55. The Balaban J connectivity index is 1.75. The number of urea groups is 1. The van der Waals surface area contributed by atoms with E-state index in [4.69, 9.17) is 11.6 Å². The molecule has 1 N–H and O–H groups in total. The molecule has 6 nitrogen and oxygen atoms in total. The number of imide groups is 1. The molecule has 1 heterocycles. The van der Waals surface area contributed by atoms with Crippen LogP contribution in [0.2, 0.25) is 5.02 Å². The highest BCUT2D eigenvalue weighted by Gasteiger charge is 2.44. The SMILES string of the molecule is Cc1ccc(N2C(=O)N(CC(=O)Nc3cc(Cl)ccc3C)C(=O)[C@H]2C)cc1. The lowest BCUT2D eigenvalue weighted by molar-refractivity contribution is -0.130. The summed E-state index contributed by atoms with van der Waals surface area (Å²) in [5.74, 6) is -0.862. The summed E-state index contributed by atoms with van der Waals surface area (Å²) in [5.41, 5.74) is 3.06. The third kappa shape index (κ3) is 3.80. The van der Waals surface area contributed by atoms with Gasteiger partial charge in [-0.05, 0) is 50.6 Å². The van der Waals surface area contributed by atoms with Gasteiger partial charge < -0.3 is 5.32 Å². The van der Waals surface area contributed by atoms with E-state index in [1.54, 1.807) is 37.3 Å². The molecule has 0 unspecified atom stereocenters. The highest BCUT2D eigenvalue weighted by molar-refractivity contribution is 6.31. The Hall–Kier alpha value is -2.86. The van der Waals surface area contributed by atoms with Crippen molar-refractivity contribution in [2.45, 2.75) is 26.8 Å². The first-order valence-corrected chi connectivity index (χ1v) is 8.93. The normalized spacial score (nSPS) is 16.8. The third-order valence-electron chi connectivity index (χ3n) is 4.54. The van der Waals surface area contributed by atoms with Gasteiger partial charge in [0.05, 0.1) is 0 Å². The second kappa shape index (κ2) is 7.40. The number of carbonyl (C=O) groups excluding carboxylic acids is 3. The van der Waals surface area contributed by atoms with Gasteiger partial charge in [-0.3, -0.25) is 19.4 Å². The fraction of sp³-hybridized carbons (Fsp3) is 0.250. The van der Waals surface area contributed by atoms with Crippen LogP contribution in [0.1, 0.15) is 18.1 Å². The van der Waals surface area contributed by atoms with Gasteiger partial charge in [0.15, 0.2) is 0 Å². The summed E-state index contributed by atoms with van der Waals surface area (Å²) in [6.45, 7) is 5.08. The molecule has 1 aliphatic rings. The number of rotatable bonds is 4. The van der Waals surface area contributed by atoms with Crippen LogP contribution in [-0.2, 0) is 9.59 Å². The van der Waals surface area contributed by atoms with E-state index in [0.717, 1.165) is 16.0 Å². The quantitative estimate of drug-likeness (QED) is 0.815. The van der Waals surface area contributed by atoms with Gasteiger partial charge in [0, 0.05) is 16.4 Å². The lowest BCUT2D eigenvalue weighted by Gasteiger charge is -2.19. The minimum Gasteiger partial charge on any atom is -0.324 e. The third-order valence-corrected chi connectivity index (χ3v) is 4.77. The number of nitrogens with zero attached hydrogens (tertiary/aromatic N) is 2. The predicted molar refractivity (Wildman–Crippen MR) is 105 cm³/mol. The first-order chi connectivity index (χ1) is 12.8. The maximum atomic E-state index is 12.8. The standard InChI is InChI=1S/C20H20ClN3O3/c1-12-4-8-16(9-5-12)24-14(3)19(26)23(20(24)27)11-18(25)22-17-10-15(21)7-6-13(17)2/h4-10,14H,11H2,1-3H3,(H,22,25)/t14-/m1/s1. The van der Waals surface area contributed by atoms with Gasteiger partial charge in [-0.25, -0.2) is 4.79 Å². The Kier molecular flexibility index (Phi) is 5.19. The number of halogens is 1. The molecule has 1 aliphatic heterocycles. The van der Waals surface area contributed by atoms with Crippen molar-refractivity contribution >= 4 is 40.8 Å². The van der Waals surface area contributed by atoms with Crippen LogP contribution in [0, 0.1) is 13.8 Å². The van der Waals surface area contributed by atoms with Crippen LogP contribution in [0.25, 0.3) is 0 Å². The number of nitrogens with one attached hydrogen (secondary N) is 1. The summed E-state index contributed by atoms with van der Waals surface area (Å²) in [5, 5.41) is 3.20. The molecule has 0 saturated carbocycles. The molecule has 7 heteroatoms. The fourth-order valence-electron chi connectivity index (χ4n) is 2.97. The molecule has 0 aromatic heterocycles. The number of amides is 4. The topological polar surface area (TPSA) is 69.7 Å². The molecule has 3 rings (SSSR count). The number of carbonyl (C=O) groups is 3. The van der Waals surface area contributed by atoms with Crippen LogP contribution in [-0.4, -0.2) is 35.3 Å². The molecule has 2 aromatic rings. The van der Waals surface area contributed by atoms with Crippen LogP contribution in [0.3, 0.4) is 0 Å². The van der Waals surface area contributed by atoms with E-state index < -0.39 is 23.9 Å². The molecule has 0 radical (unpaired) electrons. The first kappa shape index (κ1) is 18.9. The highest BCUT2D eigenvalue weighted by Crippen LogP contribution is 2.26. The zero-order valence-corrected chi connectivity index (χ0v) is 16.1. The van der Waals surface area contributed by atoms with Crippen LogP contribution in [0.15, 0.2) is 42.5 Å². The summed E-state index contributed by atoms with van der Waals surface area (Å²) in [7, 11) is 0. The van der Waals surface area contributed by atoms with Crippen molar-refractivity contribution in [2.24, 2.45) is 0 Å². The molecular formula is C20H20ClN3O3. The van der Waals surface area contributed by atoms with E-state index in [1.807, 2.05) is 26.0 Å². The Labute approximate surface area is 162 Å². The van der Waals surface area contributed by atoms with Crippen molar-refractivity contribution in [2.75, 3.05) is 16.8 Å². The molecule has 27 heavy (non-hydrogen) atoms. The Morgan fingerprint density at radius 2 is 1.78 bits per heavy atom. The van der Waals surface area contributed by atoms with Crippen LogP contribution < -0.4 is 10.2 Å². The lowest BCUT2D eigenvalue weighted by atomic mass is 10.2. The smallest absolute Gasteiger partial charge is 0.324 e. The Morgan fingerprint density at radius 3 is 2.44 bits per heavy atom. The predicted octanol–water partition coefficient (Wildman–Crippen LogP) is 3.75. The molecule has 0 bridgehead atoms. The lowest BCUT2D eigenvalue weighted by Crippen LogP contribution is -2.39. The summed E-state index contributed by atoms with van der Waals surface area (Å²) in [6, 6.07) is 11.3. The molecule has 1 fully saturated rings. The largest absolute Gasteiger partial charge is 0.332 e. The van der Waals surface area contributed by atoms with Crippen LogP contribution in [0.4, 0.5) is 16.2 Å². The maximum Gasteiger partial charge on any atom is 0.332 e. The van der Waals surface area contributed by atoms with Crippen molar-refractivity contribution < 1.29 is 14.4 Å². The molecule has 140 valence electrons. The summed E-state index contributed by atoms with van der Waals surface area (Å²) in [4.78, 5) is 40.1. The van der Waals surface area contributed by atoms with Gasteiger partial charge in [0.25, 0.3) is 5.91 Å². The van der Waals surface area contributed by atoms with Gasteiger partial charge in [-0.15, -0.1) is 0 Å². The maximum absolute atomic E-state index is 12.8. The van der Waals surface area contributed by atoms with Gasteiger partial charge in [0.2, 0.25) is 5.91 Å². The van der Waals surface area contributed by atoms with E-state index >= 15 is 0 Å². The van der Waals surface area contributed by atoms with Crippen molar-refractivity contribution in [3.05, 3.63) is 58.6 Å². The number of benzene rings is 2. The highest BCUT2D eigenvalue weighted by atomic mass is 35.5. The van der Waals surface area contributed by atoms with E-state index in [0.29, 0.717) is 16.4 Å². The molecule has 2 aromatic carbocycles. The number of hydrogen-bond donors (Lipinski definition) is 1. The van der Waals surface area contributed by atoms with Crippen LogP contribution in [0.5, 0.6) is 0 Å². The minimum absolute atomic E-state index is 0.351. The second-order valence-electron chi connectivity index (χ2n) is 6.60. The van der Waals surface area contributed by atoms with E-state index in [1.165, 1.54) is 4.90 Å². The average molecular weight is 386 g/mol. The Bertz CT molecular complexity index is 911. The van der Waals surface area contributed by atoms with Gasteiger partial charge in [0.1, 0.15) is 12.6 Å². The summed E-state index contributed by atoms with van der Waals surface area (Å²) >= 11 is 5.96. The van der Waals surface area contributed by atoms with Crippen molar-refractivity contribution in [1.82, 2.24) is 4.90 Å². The van der Waals surface area contributed by atoms with E-state index in [2.05, 4.69) is 5.32 Å². The van der Waals surface area contributed by atoms with Gasteiger partial charge in [-0.2, -0.15) is 0 Å². The summed E-state index contributed by atoms with van der Waals surface area (Å²) in [6.07, 6.45) is 0. The molecule has 1 atom stereocenters. The Morgan fingerprint density at radius 1 is 1.11 bits per heavy atom. The molecule has 0 spiro atoms. The molecular weight excluding hydrogens is 366 g/mol. The van der Waals surface area contributed by atoms with E-state index in [-0.39, 0.29) is 6.54 Å². The second-order valence-corrected chi connectivity index (χ2v) is 7.03. The van der Waals surface area contributed by atoms with Crippen LogP contribution >= 0.6 is 11.6 Å². The van der Waals surface area contributed by atoms with Crippen molar-refractivity contribution in [3.63, 3.8) is 0 Å². The average Bonchev–Trinajstić information content (AvgIpc) is 2.83.